The van der Waals surface area contributed by atoms with Gasteiger partial charge < -0.3 is 19.3 Å². The quantitative estimate of drug-likeness (QED) is 0.598. The fourth-order valence-corrected chi connectivity index (χ4v) is 2.70. The molecule has 1 N–H and O–H groups in total. The van der Waals surface area contributed by atoms with Crippen molar-refractivity contribution in [3.05, 3.63) is 53.6 Å². The van der Waals surface area contributed by atoms with Crippen molar-refractivity contribution < 1.29 is 24.1 Å². The van der Waals surface area contributed by atoms with Gasteiger partial charge in [0.25, 0.3) is 0 Å². The average Bonchev–Trinajstić information content (AvgIpc) is 3.33. The van der Waals surface area contributed by atoms with E-state index in [1.807, 2.05) is 24.3 Å². The normalized spacial score (nSPS) is 23.0. The maximum Gasteiger partial charge on any atom is 0.306 e. The molecule has 5 rings (SSSR count). The molecule has 0 saturated carbocycles. The predicted molar refractivity (Wildman–Crippen MR) is 81.5 cm³/mol. The molecular formula is C18H16O5. The number of epoxide rings is 1. The van der Waals surface area contributed by atoms with Crippen LogP contribution in [0, 0.1) is 0 Å². The molecule has 2 atom stereocenters. The summed E-state index contributed by atoms with van der Waals surface area (Å²) in [6, 6.07) is 12.6. The van der Waals surface area contributed by atoms with Crippen LogP contribution in [-0.4, -0.2) is 23.8 Å². The molecule has 3 heterocycles. The first-order valence-corrected chi connectivity index (χ1v) is 7.60. The Hall–Kier alpha value is -2.53. The average molecular weight is 312 g/mol. The highest BCUT2D eigenvalue weighted by Crippen LogP contribution is 2.40. The Morgan fingerprint density at radius 3 is 2.70 bits per heavy atom. The van der Waals surface area contributed by atoms with E-state index in [9.17, 15) is 9.90 Å². The number of aromatic hydroxyl groups is 1. The van der Waals surface area contributed by atoms with E-state index in [0.29, 0.717) is 17.9 Å². The van der Waals surface area contributed by atoms with Crippen molar-refractivity contribution in [2.24, 2.45) is 0 Å². The lowest BCUT2D eigenvalue weighted by molar-refractivity contribution is -0.144. The molecule has 0 amide bonds. The molecule has 0 aromatic heterocycles. The number of hydrogen-bond donors (Lipinski definition) is 1. The van der Waals surface area contributed by atoms with Crippen molar-refractivity contribution in [1.29, 1.82) is 0 Å². The van der Waals surface area contributed by atoms with E-state index < -0.39 is 0 Å². The van der Waals surface area contributed by atoms with Gasteiger partial charge in [0.1, 0.15) is 24.6 Å². The lowest BCUT2D eigenvalue weighted by Gasteiger charge is -2.10. The molecule has 5 nitrogen and oxygen atoms in total. The van der Waals surface area contributed by atoms with E-state index in [1.165, 1.54) is 0 Å². The zero-order chi connectivity index (χ0) is 15.8. The highest BCUT2D eigenvalue weighted by molar-refractivity contribution is 5.69. The lowest BCUT2D eigenvalue weighted by atomic mass is 10.1. The number of rotatable bonds is 0. The van der Waals surface area contributed by atoms with Gasteiger partial charge in [-0.3, -0.25) is 4.79 Å². The third kappa shape index (κ3) is 3.00. The molecule has 2 aromatic carbocycles. The SMILES string of the molecule is O=C1CCc2ccc(O)c(c2)Oc2ccc(cc2)[C@H]2O[C@@H]2CO1. The molecule has 3 aliphatic rings. The molecular weight excluding hydrogens is 296 g/mol. The summed E-state index contributed by atoms with van der Waals surface area (Å²) < 4.78 is 16.6. The van der Waals surface area contributed by atoms with Gasteiger partial charge in [0, 0.05) is 6.42 Å². The summed E-state index contributed by atoms with van der Waals surface area (Å²) in [4.78, 5) is 11.8. The minimum Gasteiger partial charge on any atom is -0.504 e. The van der Waals surface area contributed by atoms with Crippen molar-refractivity contribution in [3.8, 4) is 17.2 Å². The van der Waals surface area contributed by atoms with Crippen LogP contribution in [0.4, 0.5) is 0 Å². The van der Waals surface area contributed by atoms with Gasteiger partial charge >= 0.3 is 5.97 Å². The van der Waals surface area contributed by atoms with Crippen LogP contribution in [0.25, 0.3) is 0 Å². The zero-order valence-electron chi connectivity index (χ0n) is 12.4. The van der Waals surface area contributed by atoms with Gasteiger partial charge in [0.15, 0.2) is 11.5 Å². The summed E-state index contributed by atoms with van der Waals surface area (Å²) in [6.07, 6.45) is 0.714. The minimum absolute atomic E-state index is 0.0311. The third-order valence-electron chi connectivity index (χ3n) is 4.07. The van der Waals surface area contributed by atoms with Crippen LogP contribution >= 0.6 is 0 Å². The molecule has 1 saturated heterocycles. The van der Waals surface area contributed by atoms with E-state index in [0.717, 1.165) is 11.1 Å². The minimum atomic E-state index is -0.251. The second-order valence-corrected chi connectivity index (χ2v) is 5.75. The largest absolute Gasteiger partial charge is 0.504 e. The van der Waals surface area contributed by atoms with Crippen LogP contribution in [0.2, 0.25) is 0 Å². The van der Waals surface area contributed by atoms with Gasteiger partial charge in [0.2, 0.25) is 0 Å². The Labute approximate surface area is 133 Å². The van der Waals surface area contributed by atoms with Crippen LogP contribution in [0.1, 0.15) is 23.7 Å². The highest BCUT2D eigenvalue weighted by atomic mass is 16.6. The van der Waals surface area contributed by atoms with Crippen LogP contribution in [0.3, 0.4) is 0 Å². The summed E-state index contributed by atoms with van der Waals surface area (Å²) in [6.45, 7) is 0.280. The molecule has 3 aliphatic heterocycles. The second kappa shape index (κ2) is 5.59. The summed E-state index contributed by atoms with van der Waals surface area (Å²) in [5.74, 6) is 0.828. The van der Waals surface area contributed by atoms with E-state index in [1.54, 1.807) is 18.2 Å². The van der Waals surface area contributed by atoms with Crippen molar-refractivity contribution in [2.45, 2.75) is 25.0 Å². The standard InChI is InChI=1S/C18H16O5/c19-14-7-1-11-2-8-17(20)21-10-16-18(23-16)12-3-5-13(6-4-12)22-15(14)9-11/h1,3-7,9,16,18-19H,2,8,10H2/t16-,18-/m1/s1. The monoisotopic (exact) mass is 312 g/mol. The number of aryl methyl sites for hydroxylation is 1. The van der Waals surface area contributed by atoms with Crippen molar-refractivity contribution in [2.75, 3.05) is 6.61 Å². The third-order valence-corrected chi connectivity index (χ3v) is 4.07. The number of hydrogen-bond acceptors (Lipinski definition) is 5. The summed E-state index contributed by atoms with van der Waals surface area (Å²) in [5, 5.41) is 9.94. The van der Waals surface area contributed by atoms with Crippen molar-refractivity contribution >= 4 is 5.97 Å². The maximum absolute atomic E-state index is 11.8. The second-order valence-electron chi connectivity index (χ2n) is 5.75. The molecule has 0 spiro atoms. The van der Waals surface area contributed by atoms with E-state index in [-0.39, 0.29) is 37.0 Å². The zero-order valence-corrected chi connectivity index (χ0v) is 12.4. The van der Waals surface area contributed by atoms with Gasteiger partial charge in [-0.15, -0.1) is 0 Å². The molecule has 0 aliphatic carbocycles. The fourth-order valence-electron chi connectivity index (χ4n) is 2.70. The van der Waals surface area contributed by atoms with Crippen molar-refractivity contribution in [3.63, 3.8) is 0 Å². The highest BCUT2D eigenvalue weighted by Gasteiger charge is 2.41. The van der Waals surface area contributed by atoms with E-state index in [4.69, 9.17) is 14.2 Å². The first-order chi connectivity index (χ1) is 11.2. The molecule has 23 heavy (non-hydrogen) atoms. The molecule has 1 fully saturated rings. The number of ether oxygens (including phenoxy) is 3. The number of phenols is 1. The number of esters is 1. The first-order valence-electron chi connectivity index (χ1n) is 7.60. The van der Waals surface area contributed by atoms with Crippen LogP contribution in [0.15, 0.2) is 42.5 Å². The summed E-state index contributed by atoms with van der Waals surface area (Å²) in [5.41, 5.74) is 1.92. The van der Waals surface area contributed by atoms with E-state index in [2.05, 4.69) is 0 Å². The lowest BCUT2D eigenvalue weighted by Crippen LogP contribution is -2.11. The van der Waals surface area contributed by atoms with Crippen LogP contribution in [-0.2, 0) is 20.7 Å². The Kier molecular flexibility index (Phi) is 3.42. The Morgan fingerprint density at radius 2 is 1.87 bits per heavy atom. The summed E-state index contributed by atoms with van der Waals surface area (Å²) >= 11 is 0. The number of carbonyl (C=O) groups is 1. The van der Waals surface area contributed by atoms with Gasteiger partial charge in [-0.2, -0.15) is 0 Å². The Balaban J connectivity index is 1.66. The predicted octanol–water partition coefficient (Wildman–Crippen LogP) is 3.11. The first kappa shape index (κ1) is 14.1. The molecule has 5 heteroatoms. The molecule has 4 bridgehead atoms. The van der Waals surface area contributed by atoms with Crippen LogP contribution in [0.5, 0.6) is 17.2 Å². The smallest absolute Gasteiger partial charge is 0.306 e. The number of phenolic OH excluding ortho intramolecular Hbond substituents is 1. The Morgan fingerprint density at radius 1 is 1.04 bits per heavy atom. The fraction of sp³-hybridized carbons (Fsp3) is 0.278. The molecule has 2 aromatic rings. The number of fused-ring (bicyclic) bond motifs is 6. The van der Waals surface area contributed by atoms with Crippen molar-refractivity contribution in [1.82, 2.24) is 0 Å². The van der Waals surface area contributed by atoms with Gasteiger partial charge in [-0.05, 0) is 41.8 Å². The molecule has 0 unspecified atom stereocenters. The number of carbonyl (C=O) groups excluding carboxylic acids is 1. The Bertz CT molecular complexity index is 738. The van der Waals surface area contributed by atoms with Gasteiger partial charge in [-0.1, -0.05) is 18.2 Å². The molecule has 118 valence electrons. The summed E-state index contributed by atoms with van der Waals surface area (Å²) in [7, 11) is 0. The van der Waals surface area contributed by atoms with Crippen LogP contribution < -0.4 is 4.74 Å². The number of benzene rings is 2. The van der Waals surface area contributed by atoms with Gasteiger partial charge in [0.05, 0.1) is 0 Å². The topological polar surface area (TPSA) is 68.3 Å². The van der Waals surface area contributed by atoms with E-state index >= 15 is 0 Å². The van der Waals surface area contributed by atoms with Gasteiger partial charge in [-0.25, -0.2) is 0 Å². The molecule has 0 radical (unpaired) electrons. The maximum atomic E-state index is 11.8.